The van der Waals surface area contributed by atoms with E-state index in [2.05, 4.69) is 0 Å². The molecule has 0 aliphatic carbocycles. The predicted molar refractivity (Wildman–Crippen MR) is 72.2 cm³/mol. The highest BCUT2D eigenvalue weighted by atomic mass is 19.1. The van der Waals surface area contributed by atoms with Crippen molar-refractivity contribution in [1.82, 2.24) is 0 Å². The van der Waals surface area contributed by atoms with Gasteiger partial charge in [-0.25, -0.2) is 4.39 Å². The van der Waals surface area contributed by atoms with E-state index in [-0.39, 0.29) is 18.2 Å². The van der Waals surface area contributed by atoms with Gasteiger partial charge >= 0.3 is 5.97 Å². The molecule has 0 heterocycles. The number of halogens is 1. The van der Waals surface area contributed by atoms with Crippen LogP contribution in [0.4, 0.5) is 4.39 Å². The Hall–Kier alpha value is -2.16. The topological polar surface area (TPSA) is 26.3 Å². The summed E-state index contributed by atoms with van der Waals surface area (Å²) in [6.45, 7) is 2.11. The molecule has 0 amide bonds. The molecule has 0 aliphatic rings. The second kappa shape index (κ2) is 6.14. The SMILES string of the molecule is CCOC(=O)Cc1ccccc1-c1ccccc1F. The van der Waals surface area contributed by atoms with Gasteiger partial charge in [0.1, 0.15) is 5.82 Å². The highest BCUT2D eigenvalue weighted by molar-refractivity contribution is 5.78. The van der Waals surface area contributed by atoms with Crippen molar-refractivity contribution in [3.8, 4) is 11.1 Å². The molecule has 2 rings (SSSR count). The average Bonchev–Trinajstić information content (AvgIpc) is 2.40. The van der Waals surface area contributed by atoms with E-state index in [9.17, 15) is 9.18 Å². The van der Waals surface area contributed by atoms with Crippen molar-refractivity contribution in [3.05, 3.63) is 59.9 Å². The molecule has 2 nitrogen and oxygen atoms in total. The fourth-order valence-corrected chi connectivity index (χ4v) is 1.98. The standard InChI is InChI=1S/C16H15FO2/c1-2-19-16(18)11-12-7-3-4-8-13(12)14-9-5-6-10-15(14)17/h3-10H,2,11H2,1H3. The molecule has 0 saturated carbocycles. The molecule has 0 aliphatic heterocycles. The van der Waals surface area contributed by atoms with Gasteiger partial charge in [-0.3, -0.25) is 4.79 Å². The minimum absolute atomic E-state index is 0.151. The van der Waals surface area contributed by atoms with Crippen molar-refractivity contribution < 1.29 is 13.9 Å². The van der Waals surface area contributed by atoms with E-state index in [1.807, 2.05) is 24.3 Å². The molecule has 0 atom stereocenters. The van der Waals surface area contributed by atoms with Crippen LogP contribution in [0.15, 0.2) is 48.5 Å². The highest BCUT2D eigenvalue weighted by Gasteiger charge is 2.12. The Morgan fingerprint density at radius 1 is 1.05 bits per heavy atom. The summed E-state index contributed by atoms with van der Waals surface area (Å²) in [5.41, 5.74) is 2.00. The van der Waals surface area contributed by atoms with Crippen LogP contribution in [0, 0.1) is 5.82 Å². The number of carbonyl (C=O) groups excluding carboxylic acids is 1. The van der Waals surface area contributed by atoms with Crippen LogP contribution in [-0.4, -0.2) is 12.6 Å². The second-order valence-corrected chi connectivity index (χ2v) is 4.12. The average molecular weight is 258 g/mol. The van der Waals surface area contributed by atoms with E-state index >= 15 is 0 Å². The van der Waals surface area contributed by atoms with Crippen LogP contribution in [0.2, 0.25) is 0 Å². The lowest BCUT2D eigenvalue weighted by Gasteiger charge is -2.10. The van der Waals surface area contributed by atoms with E-state index < -0.39 is 0 Å². The third-order valence-corrected chi connectivity index (χ3v) is 2.82. The largest absolute Gasteiger partial charge is 0.466 e. The number of esters is 1. The minimum Gasteiger partial charge on any atom is -0.466 e. The Balaban J connectivity index is 2.37. The predicted octanol–water partition coefficient (Wildman–Crippen LogP) is 3.60. The van der Waals surface area contributed by atoms with Crippen molar-refractivity contribution >= 4 is 5.97 Å². The number of carbonyl (C=O) groups is 1. The zero-order valence-electron chi connectivity index (χ0n) is 10.7. The maximum atomic E-state index is 13.8. The first-order chi connectivity index (χ1) is 9.22. The maximum Gasteiger partial charge on any atom is 0.310 e. The van der Waals surface area contributed by atoms with Crippen LogP contribution < -0.4 is 0 Å². The summed E-state index contributed by atoms with van der Waals surface area (Å²) in [5, 5.41) is 0. The Morgan fingerprint density at radius 3 is 2.37 bits per heavy atom. The van der Waals surface area contributed by atoms with E-state index in [1.54, 1.807) is 25.1 Å². The first kappa shape index (κ1) is 13.3. The summed E-state index contributed by atoms with van der Waals surface area (Å²) in [6, 6.07) is 13.8. The van der Waals surface area contributed by atoms with Crippen molar-refractivity contribution in [2.24, 2.45) is 0 Å². The number of hydrogen-bond donors (Lipinski definition) is 0. The van der Waals surface area contributed by atoms with Gasteiger partial charge in [0.15, 0.2) is 0 Å². The number of rotatable bonds is 4. The Labute approximate surface area is 111 Å². The molecule has 19 heavy (non-hydrogen) atoms. The molecule has 0 N–H and O–H groups in total. The second-order valence-electron chi connectivity index (χ2n) is 4.12. The van der Waals surface area contributed by atoms with Crippen LogP contribution in [0.25, 0.3) is 11.1 Å². The summed E-state index contributed by atoms with van der Waals surface area (Å²) >= 11 is 0. The molecule has 0 bridgehead atoms. The minimum atomic E-state index is -0.300. The van der Waals surface area contributed by atoms with Crippen molar-refractivity contribution in [2.75, 3.05) is 6.61 Å². The molecule has 0 radical (unpaired) electrons. The van der Waals surface area contributed by atoms with E-state index in [4.69, 9.17) is 4.74 Å². The van der Waals surface area contributed by atoms with Crippen molar-refractivity contribution in [2.45, 2.75) is 13.3 Å². The Kier molecular flexibility index (Phi) is 4.29. The molecule has 0 saturated heterocycles. The van der Waals surface area contributed by atoms with Crippen LogP contribution in [0.1, 0.15) is 12.5 Å². The maximum absolute atomic E-state index is 13.8. The first-order valence-electron chi connectivity index (χ1n) is 6.20. The number of ether oxygens (including phenoxy) is 1. The lowest BCUT2D eigenvalue weighted by atomic mass is 9.97. The van der Waals surface area contributed by atoms with Crippen molar-refractivity contribution in [3.63, 3.8) is 0 Å². The van der Waals surface area contributed by atoms with E-state index in [1.165, 1.54) is 6.07 Å². The highest BCUT2D eigenvalue weighted by Crippen LogP contribution is 2.26. The molecule has 2 aromatic rings. The van der Waals surface area contributed by atoms with Gasteiger partial charge in [0.05, 0.1) is 13.0 Å². The quantitative estimate of drug-likeness (QED) is 0.783. The molecule has 2 aromatic carbocycles. The van der Waals surface area contributed by atoms with Gasteiger partial charge in [-0.15, -0.1) is 0 Å². The van der Waals surface area contributed by atoms with Crippen LogP contribution in [0.5, 0.6) is 0 Å². The zero-order valence-corrected chi connectivity index (χ0v) is 10.7. The van der Waals surface area contributed by atoms with Crippen LogP contribution in [0.3, 0.4) is 0 Å². The monoisotopic (exact) mass is 258 g/mol. The molecular formula is C16H15FO2. The number of hydrogen-bond acceptors (Lipinski definition) is 2. The van der Waals surface area contributed by atoms with Gasteiger partial charge in [0.2, 0.25) is 0 Å². The Bertz CT molecular complexity index is 578. The molecule has 98 valence electrons. The summed E-state index contributed by atoms with van der Waals surface area (Å²) < 4.78 is 18.8. The van der Waals surface area contributed by atoms with Gasteiger partial charge in [0, 0.05) is 5.56 Å². The van der Waals surface area contributed by atoms with Gasteiger partial charge in [0.25, 0.3) is 0 Å². The molecule has 0 aromatic heterocycles. The summed E-state index contributed by atoms with van der Waals surface area (Å²) in [6.07, 6.45) is 0.151. The van der Waals surface area contributed by atoms with Gasteiger partial charge in [-0.2, -0.15) is 0 Å². The molecule has 0 unspecified atom stereocenters. The first-order valence-corrected chi connectivity index (χ1v) is 6.20. The normalized spacial score (nSPS) is 10.2. The summed E-state index contributed by atoms with van der Waals surface area (Å²) in [4.78, 5) is 11.6. The van der Waals surface area contributed by atoms with E-state index in [0.29, 0.717) is 12.2 Å². The Morgan fingerprint density at radius 2 is 1.68 bits per heavy atom. The fraction of sp³-hybridized carbons (Fsp3) is 0.188. The fourth-order valence-electron chi connectivity index (χ4n) is 1.98. The molecule has 3 heteroatoms. The van der Waals surface area contributed by atoms with Gasteiger partial charge in [-0.05, 0) is 24.1 Å². The summed E-state index contributed by atoms with van der Waals surface area (Å²) in [7, 11) is 0. The molecular weight excluding hydrogens is 243 g/mol. The van der Waals surface area contributed by atoms with Crippen molar-refractivity contribution in [1.29, 1.82) is 0 Å². The van der Waals surface area contributed by atoms with E-state index in [0.717, 1.165) is 11.1 Å². The van der Waals surface area contributed by atoms with Crippen LogP contribution in [-0.2, 0) is 16.0 Å². The number of benzene rings is 2. The molecule has 0 fully saturated rings. The zero-order chi connectivity index (χ0) is 13.7. The third kappa shape index (κ3) is 3.19. The molecule has 0 spiro atoms. The lowest BCUT2D eigenvalue weighted by molar-refractivity contribution is -0.142. The van der Waals surface area contributed by atoms with Gasteiger partial charge in [-0.1, -0.05) is 42.5 Å². The summed E-state index contributed by atoms with van der Waals surface area (Å²) in [5.74, 6) is -0.593. The van der Waals surface area contributed by atoms with Crippen LogP contribution >= 0.6 is 0 Å². The smallest absolute Gasteiger partial charge is 0.310 e. The lowest BCUT2D eigenvalue weighted by Crippen LogP contribution is -2.08. The third-order valence-electron chi connectivity index (χ3n) is 2.82. The van der Waals surface area contributed by atoms with Gasteiger partial charge < -0.3 is 4.74 Å².